The van der Waals surface area contributed by atoms with Crippen LogP contribution in [0.15, 0.2) is 24.4 Å². The lowest BCUT2D eigenvalue weighted by Crippen LogP contribution is -2.42. The first-order valence-electron chi connectivity index (χ1n) is 5.29. The van der Waals surface area contributed by atoms with Gasteiger partial charge in [0.25, 0.3) is 0 Å². The van der Waals surface area contributed by atoms with E-state index in [1.165, 1.54) is 19.4 Å². The molecule has 1 fully saturated rings. The number of halogens is 3. The van der Waals surface area contributed by atoms with Crippen molar-refractivity contribution in [3.05, 3.63) is 30.1 Å². The number of piperidine rings is 1. The van der Waals surface area contributed by atoms with E-state index in [1.54, 1.807) is 0 Å². The highest BCUT2D eigenvalue weighted by molar-refractivity contribution is 5.86. The van der Waals surface area contributed by atoms with Crippen LogP contribution in [0.5, 0.6) is 0 Å². The van der Waals surface area contributed by atoms with Gasteiger partial charge in [0.2, 0.25) is 0 Å². The van der Waals surface area contributed by atoms with Crippen LogP contribution in [0, 0.1) is 0 Å². The van der Waals surface area contributed by atoms with Crippen molar-refractivity contribution in [2.24, 2.45) is 0 Å². The van der Waals surface area contributed by atoms with Gasteiger partial charge in [0.1, 0.15) is 0 Å². The monoisotopic (exact) mass is 299 g/mol. The fraction of sp³-hybridized carbons (Fsp3) is 0.545. The highest BCUT2D eigenvalue weighted by Gasteiger charge is 2.11. The summed E-state index contributed by atoms with van der Waals surface area (Å²) in [7, 11) is 0. The van der Waals surface area contributed by atoms with Crippen molar-refractivity contribution < 1.29 is 0 Å². The second-order valence-corrected chi connectivity index (χ2v) is 3.75. The molecule has 1 unspecified atom stereocenters. The largest absolute Gasteiger partial charge is 0.315 e. The van der Waals surface area contributed by atoms with Crippen LogP contribution in [0.1, 0.15) is 18.5 Å². The van der Waals surface area contributed by atoms with Gasteiger partial charge in [0.05, 0.1) is 5.69 Å². The molecule has 2 heterocycles. The summed E-state index contributed by atoms with van der Waals surface area (Å²) in [6, 6.07) is 6.66. The molecule has 2 N–H and O–H groups in total. The van der Waals surface area contributed by atoms with Gasteiger partial charge in [-0.2, -0.15) is 0 Å². The molecule has 1 saturated heterocycles. The summed E-state index contributed by atoms with van der Waals surface area (Å²) in [5.41, 5.74) is 1.12. The predicted octanol–water partition coefficient (Wildman–Crippen LogP) is 2.19. The van der Waals surface area contributed by atoms with Gasteiger partial charge in [-0.25, -0.2) is 0 Å². The van der Waals surface area contributed by atoms with Crippen molar-refractivity contribution in [3.8, 4) is 0 Å². The Balaban J connectivity index is 0. The molecule has 3 nitrogen and oxygen atoms in total. The van der Waals surface area contributed by atoms with Crippen LogP contribution in [0.4, 0.5) is 0 Å². The molecule has 6 heteroatoms. The lowest BCUT2D eigenvalue weighted by molar-refractivity contribution is 0.387. The quantitative estimate of drug-likeness (QED) is 0.898. The molecule has 1 aliphatic heterocycles. The first-order chi connectivity index (χ1) is 6.95. The van der Waals surface area contributed by atoms with Crippen molar-refractivity contribution in [1.82, 2.24) is 15.6 Å². The van der Waals surface area contributed by atoms with E-state index in [1.807, 2.05) is 18.3 Å². The van der Waals surface area contributed by atoms with E-state index >= 15 is 0 Å². The van der Waals surface area contributed by atoms with E-state index < -0.39 is 0 Å². The summed E-state index contributed by atoms with van der Waals surface area (Å²) < 4.78 is 0. The molecule has 1 aromatic heterocycles. The van der Waals surface area contributed by atoms with Crippen LogP contribution < -0.4 is 10.6 Å². The lowest BCUT2D eigenvalue weighted by Gasteiger charge is -2.23. The molecule has 0 aromatic carbocycles. The van der Waals surface area contributed by atoms with E-state index in [4.69, 9.17) is 0 Å². The van der Waals surface area contributed by atoms with Crippen LogP contribution in [-0.4, -0.2) is 24.1 Å². The van der Waals surface area contributed by atoms with Crippen molar-refractivity contribution in [3.63, 3.8) is 0 Å². The second-order valence-electron chi connectivity index (χ2n) is 3.75. The molecule has 0 aliphatic carbocycles. The SMILES string of the molecule is Cl.Cl.Cl.c1ccc(CNC2CCCNC2)nc1. The Morgan fingerprint density at radius 3 is 2.71 bits per heavy atom. The standard InChI is InChI=1S/C11H17N3.3ClH/c1-2-7-13-11(4-1)9-14-10-5-3-6-12-8-10;;;/h1-2,4,7,10,12,14H,3,5-6,8-9H2;3*1H. The zero-order valence-electron chi connectivity index (χ0n) is 9.59. The van der Waals surface area contributed by atoms with Gasteiger partial charge >= 0.3 is 0 Å². The molecule has 17 heavy (non-hydrogen) atoms. The number of nitrogens with one attached hydrogen (secondary N) is 2. The zero-order chi connectivity index (χ0) is 9.64. The van der Waals surface area contributed by atoms with Gasteiger partial charge in [-0.15, -0.1) is 37.2 Å². The molecule has 0 spiro atoms. The molecular weight excluding hydrogens is 281 g/mol. The number of pyridine rings is 1. The van der Waals surface area contributed by atoms with Crippen LogP contribution in [0.25, 0.3) is 0 Å². The highest BCUT2D eigenvalue weighted by atomic mass is 35.5. The Labute approximate surface area is 121 Å². The fourth-order valence-electron chi connectivity index (χ4n) is 1.78. The minimum absolute atomic E-state index is 0. The number of hydrogen-bond acceptors (Lipinski definition) is 3. The molecule has 0 radical (unpaired) electrons. The number of hydrogen-bond donors (Lipinski definition) is 2. The summed E-state index contributed by atoms with van der Waals surface area (Å²) >= 11 is 0. The highest BCUT2D eigenvalue weighted by Crippen LogP contribution is 2.02. The molecule has 1 atom stereocenters. The summed E-state index contributed by atoms with van der Waals surface area (Å²) in [5.74, 6) is 0. The van der Waals surface area contributed by atoms with Gasteiger partial charge in [-0.3, -0.25) is 4.98 Å². The first kappa shape index (κ1) is 19.3. The Morgan fingerprint density at radius 2 is 2.12 bits per heavy atom. The van der Waals surface area contributed by atoms with E-state index in [0.717, 1.165) is 18.8 Å². The van der Waals surface area contributed by atoms with Crippen LogP contribution >= 0.6 is 37.2 Å². The van der Waals surface area contributed by atoms with E-state index in [2.05, 4.69) is 21.7 Å². The van der Waals surface area contributed by atoms with Gasteiger partial charge < -0.3 is 10.6 Å². The topological polar surface area (TPSA) is 37.0 Å². The van der Waals surface area contributed by atoms with E-state index in [0.29, 0.717) is 6.04 Å². The average Bonchev–Trinajstić information content (AvgIpc) is 2.29. The first-order valence-corrected chi connectivity index (χ1v) is 5.29. The molecule has 100 valence electrons. The van der Waals surface area contributed by atoms with Crippen LogP contribution in [0.2, 0.25) is 0 Å². The molecular formula is C11H20Cl3N3. The maximum atomic E-state index is 4.28. The smallest absolute Gasteiger partial charge is 0.0541 e. The molecule has 1 aromatic rings. The third kappa shape index (κ3) is 7.06. The second kappa shape index (κ2) is 11.1. The summed E-state index contributed by atoms with van der Waals surface area (Å²) in [6.45, 7) is 3.14. The maximum Gasteiger partial charge on any atom is 0.0541 e. The van der Waals surface area contributed by atoms with Crippen molar-refractivity contribution in [1.29, 1.82) is 0 Å². The molecule has 2 rings (SSSR count). The Bertz CT molecular complexity index is 266. The Hall–Kier alpha value is -0.0600. The minimum atomic E-state index is 0. The van der Waals surface area contributed by atoms with Crippen LogP contribution in [-0.2, 0) is 6.54 Å². The summed E-state index contributed by atoms with van der Waals surface area (Å²) in [6.07, 6.45) is 4.40. The summed E-state index contributed by atoms with van der Waals surface area (Å²) in [4.78, 5) is 4.28. The fourth-order valence-corrected chi connectivity index (χ4v) is 1.78. The molecule has 0 amide bonds. The van der Waals surface area contributed by atoms with Gasteiger partial charge in [0, 0.05) is 25.3 Å². The number of rotatable bonds is 3. The predicted molar refractivity (Wildman–Crippen MR) is 78.7 cm³/mol. The number of nitrogens with zero attached hydrogens (tertiary/aromatic N) is 1. The third-order valence-electron chi connectivity index (χ3n) is 2.59. The van der Waals surface area contributed by atoms with Crippen molar-refractivity contribution in [2.45, 2.75) is 25.4 Å². The molecule has 1 aliphatic rings. The number of aromatic nitrogens is 1. The lowest BCUT2D eigenvalue weighted by atomic mass is 10.1. The van der Waals surface area contributed by atoms with E-state index in [9.17, 15) is 0 Å². The zero-order valence-corrected chi connectivity index (χ0v) is 12.0. The van der Waals surface area contributed by atoms with Gasteiger partial charge in [-0.05, 0) is 31.5 Å². The van der Waals surface area contributed by atoms with E-state index in [-0.39, 0.29) is 37.2 Å². The average molecular weight is 301 g/mol. The Morgan fingerprint density at radius 1 is 1.29 bits per heavy atom. The van der Waals surface area contributed by atoms with Gasteiger partial charge in [-0.1, -0.05) is 6.07 Å². The maximum absolute atomic E-state index is 4.28. The van der Waals surface area contributed by atoms with Crippen molar-refractivity contribution in [2.75, 3.05) is 13.1 Å². The molecule has 0 bridgehead atoms. The third-order valence-corrected chi connectivity index (χ3v) is 2.59. The normalized spacial score (nSPS) is 18.2. The Kier molecular flexibility index (Phi) is 12.5. The van der Waals surface area contributed by atoms with Crippen LogP contribution in [0.3, 0.4) is 0 Å². The van der Waals surface area contributed by atoms with Crippen molar-refractivity contribution >= 4 is 37.2 Å². The summed E-state index contributed by atoms with van der Waals surface area (Å²) in [5, 5.41) is 6.90. The van der Waals surface area contributed by atoms with Gasteiger partial charge in [0.15, 0.2) is 0 Å². The molecule has 0 saturated carbocycles. The minimum Gasteiger partial charge on any atom is -0.315 e.